The van der Waals surface area contributed by atoms with Crippen LogP contribution in [0.15, 0.2) is 28.7 Å². The van der Waals surface area contributed by atoms with Crippen LogP contribution in [0.5, 0.6) is 0 Å². The summed E-state index contributed by atoms with van der Waals surface area (Å²) < 4.78 is 2.75. The zero-order valence-corrected chi connectivity index (χ0v) is 17.5. The van der Waals surface area contributed by atoms with Crippen LogP contribution in [0.3, 0.4) is 0 Å². The van der Waals surface area contributed by atoms with Gasteiger partial charge in [0.05, 0.1) is 12.1 Å². The summed E-state index contributed by atoms with van der Waals surface area (Å²) in [7, 11) is 0. The molecule has 0 fully saturated rings. The zero-order chi connectivity index (χ0) is 19.2. The molecule has 0 saturated heterocycles. The van der Waals surface area contributed by atoms with Crippen molar-refractivity contribution in [3.63, 3.8) is 0 Å². The zero-order valence-electron chi connectivity index (χ0n) is 15.1. The summed E-state index contributed by atoms with van der Waals surface area (Å²) in [6.45, 7) is 1.20. The Bertz CT molecular complexity index is 826. The molecule has 27 heavy (non-hydrogen) atoms. The van der Waals surface area contributed by atoms with Crippen LogP contribution in [-0.4, -0.2) is 44.6 Å². The minimum absolute atomic E-state index is 0.209. The van der Waals surface area contributed by atoms with E-state index in [1.54, 1.807) is 30.0 Å². The summed E-state index contributed by atoms with van der Waals surface area (Å²) in [5, 5.41) is 14.1. The number of hydrogen-bond acceptors (Lipinski definition) is 5. The van der Waals surface area contributed by atoms with Crippen molar-refractivity contribution in [3.05, 3.63) is 46.0 Å². The number of amides is 2. The van der Waals surface area contributed by atoms with E-state index in [9.17, 15) is 9.59 Å². The number of rotatable bonds is 8. The molecule has 0 unspecified atom stereocenters. The first-order chi connectivity index (χ1) is 13.1. The average Bonchev–Trinajstić information content (AvgIpc) is 3.27. The normalized spacial score (nSPS) is 13.9. The fraction of sp³-hybridized carbons (Fsp3) is 0.444. The standard InChI is InChI=1S/C18H22BrN5O2S/c1-27-10-8-14(21-17(25)12-5-2-3-6-13(12)19)18(26)20-11-16-23-22-15-7-4-9-24(15)16/h2-3,5-6,14H,4,7-11H2,1H3,(H,20,26)(H,21,25)/t14-/m1/s1. The van der Waals surface area contributed by atoms with Crippen molar-refractivity contribution in [2.24, 2.45) is 0 Å². The number of hydrogen-bond donors (Lipinski definition) is 2. The lowest BCUT2D eigenvalue weighted by atomic mass is 10.1. The van der Waals surface area contributed by atoms with Gasteiger partial charge < -0.3 is 15.2 Å². The van der Waals surface area contributed by atoms with Gasteiger partial charge in [0.2, 0.25) is 5.91 Å². The van der Waals surface area contributed by atoms with Crippen molar-refractivity contribution in [1.82, 2.24) is 25.4 Å². The number of aryl methyl sites for hydroxylation is 1. The lowest BCUT2D eigenvalue weighted by molar-refractivity contribution is -0.123. The van der Waals surface area contributed by atoms with Gasteiger partial charge in [0.25, 0.3) is 5.91 Å². The molecule has 0 spiro atoms. The van der Waals surface area contributed by atoms with Crippen LogP contribution in [0.25, 0.3) is 0 Å². The van der Waals surface area contributed by atoms with Crippen molar-refractivity contribution in [2.45, 2.75) is 38.4 Å². The maximum atomic E-state index is 12.7. The topological polar surface area (TPSA) is 88.9 Å². The van der Waals surface area contributed by atoms with E-state index in [-0.39, 0.29) is 11.8 Å². The summed E-state index contributed by atoms with van der Waals surface area (Å²) in [5.41, 5.74) is 0.509. The van der Waals surface area contributed by atoms with Crippen LogP contribution in [0, 0.1) is 0 Å². The monoisotopic (exact) mass is 451 g/mol. The molecule has 2 heterocycles. The highest BCUT2D eigenvalue weighted by Gasteiger charge is 2.23. The predicted octanol–water partition coefficient (Wildman–Crippen LogP) is 2.15. The van der Waals surface area contributed by atoms with E-state index >= 15 is 0 Å². The molecule has 1 atom stereocenters. The number of halogens is 1. The first-order valence-corrected chi connectivity index (χ1v) is 11.0. The van der Waals surface area contributed by atoms with Gasteiger partial charge in [-0.05, 0) is 52.9 Å². The summed E-state index contributed by atoms with van der Waals surface area (Å²) in [6, 6.07) is 6.57. The van der Waals surface area contributed by atoms with Gasteiger partial charge >= 0.3 is 0 Å². The molecule has 9 heteroatoms. The Kier molecular flexibility index (Phi) is 6.89. The van der Waals surface area contributed by atoms with E-state index in [4.69, 9.17) is 0 Å². The van der Waals surface area contributed by atoms with Gasteiger partial charge in [0.15, 0.2) is 5.82 Å². The Morgan fingerprint density at radius 3 is 2.93 bits per heavy atom. The van der Waals surface area contributed by atoms with E-state index in [0.717, 1.165) is 36.8 Å². The second kappa shape index (κ2) is 9.36. The second-order valence-electron chi connectivity index (χ2n) is 6.29. The van der Waals surface area contributed by atoms with Gasteiger partial charge in [0, 0.05) is 17.4 Å². The quantitative estimate of drug-likeness (QED) is 0.641. The van der Waals surface area contributed by atoms with Gasteiger partial charge in [0.1, 0.15) is 11.9 Å². The van der Waals surface area contributed by atoms with Gasteiger partial charge in [-0.25, -0.2) is 0 Å². The third-order valence-electron chi connectivity index (χ3n) is 4.46. The molecule has 0 saturated carbocycles. The fourth-order valence-electron chi connectivity index (χ4n) is 3.02. The molecule has 2 N–H and O–H groups in total. The molecule has 0 radical (unpaired) electrons. The highest BCUT2D eigenvalue weighted by molar-refractivity contribution is 9.10. The van der Waals surface area contributed by atoms with Gasteiger partial charge in [-0.15, -0.1) is 10.2 Å². The molecule has 1 aromatic heterocycles. The number of carbonyl (C=O) groups is 2. The first kappa shape index (κ1) is 19.9. The Hall–Kier alpha value is -1.87. The summed E-state index contributed by atoms with van der Waals surface area (Å²) in [4.78, 5) is 25.3. The van der Waals surface area contributed by atoms with Crippen LogP contribution < -0.4 is 10.6 Å². The highest BCUT2D eigenvalue weighted by atomic mass is 79.9. The highest BCUT2D eigenvalue weighted by Crippen LogP contribution is 2.16. The number of nitrogens with zero attached hydrogens (tertiary/aromatic N) is 3. The third-order valence-corrected chi connectivity index (χ3v) is 5.79. The number of benzene rings is 1. The second-order valence-corrected chi connectivity index (χ2v) is 8.13. The number of fused-ring (bicyclic) bond motifs is 1. The minimum atomic E-state index is -0.599. The average molecular weight is 452 g/mol. The van der Waals surface area contributed by atoms with E-state index in [1.807, 2.05) is 12.3 Å². The van der Waals surface area contributed by atoms with Crippen LogP contribution in [0.4, 0.5) is 0 Å². The molecule has 0 bridgehead atoms. The van der Waals surface area contributed by atoms with Crippen molar-refractivity contribution >= 4 is 39.5 Å². The molecule has 2 amide bonds. The number of aromatic nitrogens is 3. The Morgan fingerprint density at radius 2 is 2.15 bits per heavy atom. The van der Waals surface area contributed by atoms with E-state index in [1.165, 1.54) is 0 Å². The Morgan fingerprint density at radius 1 is 1.33 bits per heavy atom. The van der Waals surface area contributed by atoms with Crippen LogP contribution >= 0.6 is 27.7 Å². The van der Waals surface area contributed by atoms with Gasteiger partial charge in [-0.1, -0.05) is 12.1 Å². The molecule has 144 valence electrons. The van der Waals surface area contributed by atoms with Crippen LogP contribution in [0.1, 0.15) is 34.8 Å². The molecular weight excluding hydrogens is 430 g/mol. The maximum Gasteiger partial charge on any atom is 0.253 e. The molecular formula is C18H22BrN5O2S. The number of thioether (sulfide) groups is 1. The lowest BCUT2D eigenvalue weighted by Crippen LogP contribution is -2.47. The fourth-order valence-corrected chi connectivity index (χ4v) is 3.95. The van der Waals surface area contributed by atoms with Gasteiger partial charge in [-0.3, -0.25) is 9.59 Å². The Balaban J connectivity index is 1.63. The van der Waals surface area contributed by atoms with Crippen molar-refractivity contribution in [3.8, 4) is 0 Å². The van der Waals surface area contributed by atoms with Crippen molar-refractivity contribution in [2.75, 3.05) is 12.0 Å². The van der Waals surface area contributed by atoms with Crippen molar-refractivity contribution in [1.29, 1.82) is 0 Å². The molecule has 2 aromatic rings. The molecule has 1 aliphatic heterocycles. The van der Waals surface area contributed by atoms with E-state index in [2.05, 4.69) is 41.3 Å². The molecule has 1 aliphatic rings. The van der Waals surface area contributed by atoms with E-state index < -0.39 is 6.04 Å². The predicted molar refractivity (Wildman–Crippen MR) is 109 cm³/mol. The third kappa shape index (κ3) is 4.90. The molecule has 7 nitrogen and oxygen atoms in total. The maximum absolute atomic E-state index is 12.7. The van der Waals surface area contributed by atoms with Crippen LogP contribution in [0.2, 0.25) is 0 Å². The van der Waals surface area contributed by atoms with Crippen LogP contribution in [-0.2, 0) is 24.3 Å². The summed E-state index contributed by atoms with van der Waals surface area (Å²) >= 11 is 5.02. The van der Waals surface area contributed by atoms with E-state index in [0.29, 0.717) is 23.0 Å². The summed E-state index contributed by atoms with van der Waals surface area (Å²) in [5.74, 6) is 2.03. The molecule has 3 rings (SSSR count). The molecule has 1 aromatic carbocycles. The van der Waals surface area contributed by atoms with Gasteiger partial charge in [-0.2, -0.15) is 11.8 Å². The largest absolute Gasteiger partial charge is 0.347 e. The number of carbonyl (C=O) groups excluding carboxylic acids is 2. The van der Waals surface area contributed by atoms with Crippen molar-refractivity contribution < 1.29 is 9.59 Å². The minimum Gasteiger partial charge on any atom is -0.347 e. The lowest BCUT2D eigenvalue weighted by Gasteiger charge is -2.18. The smallest absolute Gasteiger partial charge is 0.253 e. The SMILES string of the molecule is CSCC[C@@H](NC(=O)c1ccccc1Br)C(=O)NCc1nnc2n1CCC2. The summed E-state index contributed by atoms with van der Waals surface area (Å²) in [6.07, 6.45) is 4.52. The first-order valence-electron chi connectivity index (χ1n) is 8.83. The molecule has 0 aliphatic carbocycles. The Labute approximate surface area is 170 Å². The number of nitrogens with one attached hydrogen (secondary N) is 2.